The third-order valence-corrected chi connectivity index (χ3v) is 4.16. The van der Waals surface area contributed by atoms with Gasteiger partial charge in [0.2, 0.25) is 0 Å². The van der Waals surface area contributed by atoms with Crippen molar-refractivity contribution < 1.29 is 4.74 Å². The molecule has 1 heterocycles. The summed E-state index contributed by atoms with van der Waals surface area (Å²) < 4.78 is 6.04. The van der Waals surface area contributed by atoms with Crippen molar-refractivity contribution in [2.24, 2.45) is 0 Å². The van der Waals surface area contributed by atoms with E-state index in [1.807, 2.05) is 24.3 Å². The lowest BCUT2D eigenvalue weighted by molar-refractivity contribution is 0.278. The Morgan fingerprint density at radius 1 is 1.10 bits per heavy atom. The number of aromatic nitrogens is 1. The van der Waals surface area contributed by atoms with E-state index in [4.69, 9.17) is 10.5 Å². The molecule has 1 aliphatic carbocycles. The summed E-state index contributed by atoms with van der Waals surface area (Å²) in [5, 5.41) is 0.977. The fourth-order valence-corrected chi connectivity index (χ4v) is 3.00. The average molecular weight is 276 g/mol. The molecule has 2 aromatic carbocycles. The Morgan fingerprint density at radius 2 is 2.00 bits per heavy atom. The van der Waals surface area contributed by atoms with Gasteiger partial charge in [0, 0.05) is 17.5 Å². The SMILES string of the molecule is Nc1ccc(OCC2Cc3ccccc32)c2cccnc12. The predicted octanol–water partition coefficient (Wildman–Crippen LogP) is 3.54. The topological polar surface area (TPSA) is 48.1 Å². The van der Waals surface area contributed by atoms with E-state index in [-0.39, 0.29) is 0 Å². The second kappa shape index (κ2) is 4.77. The van der Waals surface area contributed by atoms with Crippen molar-refractivity contribution in [3.05, 3.63) is 65.9 Å². The normalized spacial score (nSPS) is 16.3. The highest BCUT2D eigenvalue weighted by molar-refractivity contribution is 5.93. The molecule has 0 bridgehead atoms. The largest absolute Gasteiger partial charge is 0.492 e. The summed E-state index contributed by atoms with van der Waals surface area (Å²) in [4.78, 5) is 4.33. The molecule has 3 nitrogen and oxygen atoms in total. The van der Waals surface area contributed by atoms with Gasteiger partial charge in [0.25, 0.3) is 0 Å². The summed E-state index contributed by atoms with van der Waals surface area (Å²) in [6, 6.07) is 16.3. The van der Waals surface area contributed by atoms with Crippen molar-refractivity contribution in [1.29, 1.82) is 0 Å². The second-order valence-electron chi connectivity index (χ2n) is 5.46. The van der Waals surface area contributed by atoms with Crippen LogP contribution in [0.2, 0.25) is 0 Å². The Morgan fingerprint density at radius 3 is 2.90 bits per heavy atom. The van der Waals surface area contributed by atoms with Gasteiger partial charge >= 0.3 is 0 Å². The van der Waals surface area contributed by atoms with Crippen LogP contribution in [0.5, 0.6) is 5.75 Å². The first-order valence-corrected chi connectivity index (χ1v) is 7.17. The second-order valence-corrected chi connectivity index (χ2v) is 5.46. The number of nitrogens with two attached hydrogens (primary N) is 1. The van der Waals surface area contributed by atoms with E-state index >= 15 is 0 Å². The van der Waals surface area contributed by atoms with Gasteiger partial charge in [-0.1, -0.05) is 24.3 Å². The summed E-state index contributed by atoms with van der Waals surface area (Å²) in [6.07, 6.45) is 2.85. The number of nitrogen functional groups attached to an aromatic ring is 1. The lowest BCUT2D eigenvalue weighted by Crippen LogP contribution is -2.23. The van der Waals surface area contributed by atoms with E-state index in [0.29, 0.717) is 18.2 Å². The molecule has 4 rings (SSSR count). The van der Waals surface area contributed by atoms with Crippen LogP contribution in [-0.2, 0) is 6.42 Å². The molecule has 3 aromatic rings. The van der Waals surface area contributed by atoms with Gasteiger partial charge in [-0.15, -0.1) is 0 Å². The highest BCUT2D eigenvalue weighted by Crippen LogP contribution is 2.36. The third-order valence-electron chi connectivity index (χ3n) is 4.16. The fourth-order valence-electron chi connectivity index (χ4n) is 3.00. The van der Waals surface area contributed by atoms with Crippen molar-refractivity contribution in [2.75, 3.05) is 12.3 Å². The zero-order valence-electron chi connectivity index (χ0n) is 11.6. The lowest BCUT2D eigenvalue weighted by Gasteiger charge is -2.30. The first-order valence-electron chi connectivity index (χ1n) is 7.17. The lowest BCUT2D eigenvalue weighted by atomic mass is 9.78. The number of benzene rings is 2. The van der Waals surface area contributed by atoms with Crippen LogP contribution in [-0.4, -0.2) is 11.6 Å². The maximum absolute atomic E-state index is 6.04. The van der Waals surface area contributed by atoms with Gasteiger partial charge in [0.1, 0.15) is 5.75 Å². The van der Waals surface area contributed by atoms with E-state index in [0.717, 1.165) is 23.1 Å². The van der Waals surface area contributed by atoms with Gasteiger partial charge in [-0.2, -0.15) is 0 Å². The monoisotopic (exact) mass is 276 g/mol. The van der Waals surface area contributed by atoms with Crippen LogP contribution < -0.4 is 10.5 Å². The first kappa shape index (κ1) is 12.2. The van der Waals surface area contributed by atoms with E-state index in [1.165, 1.54) is 11.1 Å². The Balaban J connectivity index is 1.58. The molecule has 2 N–H and O–H groups in total. The zero-order chi connectivity index (χ0) is 14.2. The molecule has 104 valence electrons. The third kappa shape index (κ3) is 2.02. The highest BCUT2D eigenvalue weighted by Gasteiger charge is 2.26. The Labute approximate surface area is 123 Å². The summed E-state index contributed by atoms with van der Waals surface area (Å²) in [6.45, 7) is 0.699. The van der Waals surface area contributed by atoms with Crippen LogP contribution in [0, 0.1) is 0 Å². The summed E-state index contributed by atoms with van der Waals surface area (Å²) in [5.41, 5.74) is 10.3. The maximum atomic E-state index is 6.04. The highest BCUT2D eigenvalue weighted by atomic mass is 16.5. The smallest absolute Gasteiger partial charge is 0.128 e. The van der Waals surface area contributed by atoms with Gasteiger partial charge in [-0.05, 0) is 41.8 Å². The Kier molecular flexibility index (Phi) is 2.78. The fraction of sp³-hybridized carbons (Fsp3) is 0.167. The van der Waals surface area contributed by atoms with E-state index in [9.17, 15) is 0 Å². The molecule has 0 aliphatic heterocycles. The van der Waals surface area contributed by atoms with Crippen molar-refractivity contribution in [1.82, 2.24) is 4.98 Å². The van der Waals surface area contributed by atoms with E-state index in [1.54, 1.807) is 6.20 Å². The molecule has 3 heteroatoms. The molecule has 21 heavy (non-hydrogen) atoms. The number of hydrogen-bond donors (Lipinski definition) is 1. The first-order chi connectivity index (χ1) is 10.3. The molecular formula is C18H16N2O. The van der Waals surface area contributed by atoms with Gasteiger partial charge in [0.05, 0.1) is 17.8 Å². The summed E-state index contributed by atoms with van der Waals surface area (Å²) in [7, 11) is 0. The number of hydrogen-bond acceptors (Lipinski definition) is 3. The number of rotatable bonds is 3. The van der Waals surface area contributed by atoms with Crippen LogP contribution in [0.25, 0.3) is 10.9 Å². The zero-order valence-corrected chi connectivity index (χ0v) is 11.6. The number of fused-ring (bicyclic) bond motifs is 2. The number of pyridine rings is 1. The molecule has 0 saturated heterocycles. The van der Waals surface area contributed by atoms with Crippen molar-refractivity contribution in [2.45, 2.75) is 12.3 Å². The predicted molar refractivity (Wildman–Crippen MR) is 84.5 cm³/mol. The number of ether oxygens (including phenoxy) is 1. The van der Waals surface area contributed by atoms with Crippen LogP contribution in [0.3, 0.4) is 0 Å². The Hall–Kier alpha value is -2.55. The minimum atomic E-state index is 0.491. The van der Waals surface area contributed by atoms with Gasteiger partial charge in [-0.3, -0.25) is 4.98 Å². The quantitative estimate of drug-likeness (QED) is 0.744. The summed E-state index contributed by atoms with van der Waals surface area (Å²) >= 11 is 0. The molecule has 0 amide bonds. The molecule has 1 atom stereocenters. The van der Waals surface area contributed by atoms with Gasteiger partial charge in [0.15, 0.2) is 0 Å². The van der Waals surface area contributed by atoms with Gasteiger partial charge in [-0.25, -0.2) is 0 Å². The molecule has 0 fully saturated rings. The molecular weight excluding hydrogens is 260 g/mol. The molecule has 0 spiro atoms. The van der Waals surface area contributed by atoms with Crippen molar-refractivity contribution in [3.8, 4) is 5.75 Å². The van der Waals surface area contributed by atoms with Crippen molar-refractivity contribution in [3.63, 3.8) is 0 Å². The van der Waals surface area contributed by atoms with Crippen LogP contribution >= 0.6 is 0 Å². The maximum Gasteiger partial charge on any atom is 0.128 e. The van der Waals surface area contributed by atoms with E-state index in [2.05, 4.69) is 29.2 Å². The van der Waals surface area contributed by atoms with Gasteiger partial charge < -0.3 is 10.5 Å². The minimum absolute atomic E-state index is 0.491. The Bertz CT molecular complexity index is 813. The van der Waals surface area contributed by atoms with Crippen LogP contribution in [0.4, 0.5) is 5.69 Å². The average Bonchev–Trinajstić information content (AvgIpc) is 2.50. The molecule has 1 aliphatic rings. The molecule has 0 radical (unpaired) electrons. The van der Waals surface area contributed by atoms with E-state index < -0.39 is 0 Å². The standard InChI is InChI=1S/C18H16N2O/c19-16-7-8-17(15-6-3-9-20-18(15)16)21-11-13-10-12-4-1-2-5-14(12)13/h1-9,13H,10-11,19H2. The summed E-state index contributed by atoms with van der Waals surface area (Å²) in [5.74, 6) is 1.35. The molecule has 0 saturated carbocycles. The number of nitrogens with zero attached hydrogens (tertiary/aromatic N) is 1. The molecule has 1 unspecified atom stereocenters. The minimum Gasteiger partial charge on any atom is -0.492 e. The van der Waals surface area contributed by atoms with Crippen LogP contribution in [0.1, 0.15) is 17.0 Å². The number of anilines is 1. The van der Waals surface area contributed by atoms with Crippen LogP contribution in [0.15, 0.2) is 54.7 Å². The van der Waals surface area contributed by atoms with Crippen molar-refractivity contribution >= 4 is 16.6 Å². The molecule has 1 aromatic heterocycles.